The molecule has 2 aliphatic heterocycles. The van der Waals surface area contributed by atoms with Crippen molar-refractivity contribution < 1.29 is 23.9 Å². The topological polar surface area (TPSA) is 134 Å². The number of thiophene rings is 1. The quantitative estimate of drug-likeness (QED) is 0.425. The lowest BCUT2D eigenvalue weighted by atomic mass is 9.76. The number of urea groups is 1. The van der Waals surface area contributed by atoms with Crippen LogP contribution in [0.25, 0.3) is 10.1 Å². The van der Waals surface area contributed by atoms with Gasteiger partial charge in [0.2, 0.25) is 5.91 Å². The Labute approximate surface area is 233 Å². The second-order valence-corrected chi connectivity index (χ2v) is 11.8. The van der Waals surface area contributed by atoms with Crippen LogP contribution in [-0.4, -0.2) is 78.5 Å². The molecule has 0 bridgehead atoms. The number of ether oxygens (including phenoxy) is 1. The maximum atomic E-state index is 13.8. The summed E-state index contributed by atoms with van der Waals surface area (Å²) in [5, 5.41) is 7.08. The molecule has 212 valence electrons. The number of primary amides is 1. The highest BCUT2D eigenvalue weighted by atomic mass is 32.1. The molecule has 4 rings (SSSR count). The summed E-state index contributed by atoms with van der Waals surface area (Å²) >= 11 is 1.40. The summed E-state index contributed by atoms with van der Waals surface area (Å²) in [6.45, 7) is 8.16. The van der Waals surface area contributed by atoms with Crippen LogP contribution in [0.4, 0.5) is 9.80 Å². The molecule has 0 aliphatic carbocycles. The molecule has 0 spiro atoms. The Hall–Kier alpha value is -3.18. The SMILES string of the molecule is CCOC(=O)C1(CC(N)=O)CCCN(C2CCN(C(=O)c3c(NC(=O)NC(C)C)sc4ccccc34)CC2)C1. The van der Waals surface area contributed by atoms with E-state index < -0.39 is 11.3 Å². The zero-order chi connectivity index (χ0) is 28.2. The molecule has 1 aromatic heterocycles. The number of amides is 4. The first-order chi connectivity index (χ1) is 18.6. The summed E-state index contributed by atoms with van der Waals surface area (Å²) in [6, 6.07) is 7.50. The monoisotopic (exact) mass is 557 g/mol. The van der Waals surface area contributed by atoms with Crippen molar-refractivity contribution in [3.8, 4) is 0 Å². The molecule has 4 N–H and O–H groups in total. The molecule has 2 fully saturated rings. The summed E-state index contributed by atoms with van der Waals surface area (Å²) < 4.78 is 6.28. The van der Waals surface area contributed by atoms with Crippen molar-refractivity contribution in [1.29, 1.82) is 0 Å². The predicted octanol–water partition coefficient (Wildman–Crippen LogP) is 3.56. The fourth-order valence-corrected chi connectivity index (χ4v) is 6.91. The maximum Gasteiger partial charge on any atom is 0.320 e. The minimum Gasteiger partial charge on any atom is -0.466 e. The van der Waals surface area contributed by atoms with E-state index in [9.17, 15) is 19.2 Å². The van der Waals surface area contributed by atoms with Gasteiger partial charge in [0.25, 0.3) is 5.91 Å². The van der Waals surface area contributed by atoms with Crippen LogP contribution >= 0.6 is 11.3 Å². The van der Waals surface area contributed by atoms with Crippen molar-refractivity contribution in [2.75, 3.05) is 38.1 Å². The number of hydrogen-bond donors (Lipinski definition) is 3. The average Bonchev–Trinajstić information content (AvgIpc) is 3.25. The van der Waals surface area contributed by atoms with Gasteiger partial charge in [0.1, 0.15) is 5.00 Å². The van der Waals surface area contributed by atoms with E-state index in [0.717, 1.165) is 35.9 Å². The third-order valence-electron chi connectivity index (χ3n) is 7.55. The highest BCUT2D eigenvalue weighted by Gasteiger charge is 2.46. The van der Waals surface area contributed by atoms with Gasteiger partial charge < -0.3 is 20.7 Å². The number of hydrogen-bond acceptors (Lipinski definition) is 7. The van der Waals surface area contributed by atoms with Gasteiger partial charge in [-0.2, -0.15) is 0 Å². The maximum absolute atomic E-state index is 13.8. The fraction of sp³-hybridized carbons (Fsp3) is 0.571. The Kier molecular flexibility index (Phi) is 9.12. The van der Waals surface area contributed by atoms with E-state index in [2.05, 4.69) is 15.5 Å². The summed E-state index contributed by atoms with van der Waals surface area (Å²) in [5.41, 5.74) is 5.14. The number of likely N-dealkylation sites (tertiary alicyclic amines) is 2. The number of carbonyl (C=O) groups excluding carboxylic acids is 4. The third kappa shape index (κ3) is 6.52. The van der Waals surface area contributed by atoms with Gasteiger partial charge in [-0.15, -0.1) is 11.3 Å². The number of anilines is 1. The zero-order valence-electron chi connectivity index (χ0n) is 23.0. The lowest BCUT2D eigenvalue weighted by Crippen LogP contribution is -2.55. The molecule has 0 radical (unpaired) electrons. The molecular formula is C28H39N5O5S. The molecule has 11 heteroatoms. The van der Waals surface area contributed by atoms with Crippen LogP contribution in [0.3, 0.4) is 0 Å². The Morgan fingerprint density at radius 1 is 1.15 bits per heavy atom. The Morgan fingerprint density at radius 3 is 2.54 bits per heavy atom. The predicted molar refractivity (Wildman–Crippen MR) is 152 cm³/mol. The largest absolute Gasteiger partial charge is 0.466 e. The number of piperidine rings is 2. The number of fused-ring (bicyclic) bond motifs is 1. The second-order valence-electron chi connectivity index (χ2n) is 10.8. The molecule has 10 nitrogen and oxygen atoms in total. The summed E-state index contributed by atoms with van der Waals surface area (Å²) in [7, 11) is 0. The number of nitrogens with one attached hydrogen (secondary N) is 2. The van der Waals surface area contributed by atoms with Gasteiger partial charge in [-0.1, -0.05) is 18.2 Å². The van der Waals surface area contributed by atoms with E-state index >= 15 is 0 Å². The van der Waals surface area contributed by atoms with Crippen LogP contribution in [0, 0.1) is 5.41 Å². The molecule has 0 saturated carbocycles. The highest BCUT2D eigenvalue weighted by molar-refractivity contribution is 7.23. The highest BCUT2D eigenvalue weighted by Crippen LogP contribution is 2.39. The van der Waals surface area contributed by atoms with Gasteiger partial charge in [0.15, 0.2) is 0 Å². The van der Waals surface area contributed by atoms with Gasteiger partial charge in [0, 0.05) is 48.2 Å². The van der Waals surface area contributed by atoms with Crippen LogP contribution in [0.2, 0.25) is 0 Å². The second kappa shape index (κ2) is 12.3. The minimum atomic E-state index is -0.917. The van der Waals surface area contributed by atoms with E-state index in [1.54, 1.807) is 6.92 Å². The van der Waals surface area contributed by atoms with Gasteiger partial charge in [0.05, 0.1) is 17.6 Å². The molecule has 2 aromatic rings. The van der Waals surface area contributed by atoms with Crippen molar-refractivity contribution in [2.24, 2.45) is 11.1 Å². The van der Waals surface area contributed by atoms with Crippen molar-refractivity contribution in [2.45, 2.75) is 65.0 Å². The Morgan fingerprint density at radius 2 is 1.87 bits per heavy atom. The van der Waals surface area contributed by atoms with E-state index in [1.807, 2.05) is 43.0 Å². The molecule has 2 saturated heterocycles. The molecule has 4 amide bonds. The van der Waals surface area contributed by atoms with Gasteiger partial charge >= 0.3 is 12.0 Å². The molecule has 39 heavy (non-hydrogen) atoms. The smallest absolute Gasteiger partial charge is 0.320 e. The van der Waals surface area contributed by atoms with Crippen LogP contribution in [0.5, 0.6) is 0 Å². The standard InChI is InChI=1S/C28H39N5O5S/c1-4-38-26(36)28(16-22(29)34)12-7-13-33(17-28)19-10-14-32(15-11-19)25(35)23-20-8-5-6-9-21(20)39-24(23)31-27(37)30-18(2)3/h5-6,8-9,18-19H,4,7,10-17H2,1-3H3,(H2,29,34)(H2,30,31,37). The number of esters is 1. The van der Waals surface area contributed by atoms with Crippen molar-refractivity contribution in [1.82, 2.24) is 15.1 Å². The summed E-state index contributed by atoms with van der Waals surface area (Å²) in [5.74, 6) is -0.953. The lowest BCUT2D eigenvalue weighted by molar-refractivity contribution is -0.162. The van der Waals surface area contributed by atoms with Crippen LogP contribution in [0.1, 0.15) is 63.2 Å². The summed E-state index contributed by atoms with van der Waals surface area (Å²) in [4.78, 5) is 55.1. The van der Waals surface area contributed by atoms with Gasteiger partial charge in [-0.3, -0.25) is 24.6 Å². The first kappa shape index (κ1) is 28.8. The first-order valence-electron chi connectivity index (χ1n) is 13.7. The molecular weight excluding hydrogens is 518 g/mol. The lowest BCUT2D eigenvalue weighted by Gasteiger charge is -2.46. The number of nitrogens with zero attached hydrogens (tertiary/aromatic N) is 2. The minimum absolute atomic E-state index is 0.0228. The van der Waals surface area contributed by atoms with E-state index in [0.29, 0.717) is 36.6 Å². The normalized spacial score (nSPS) is 20.7. The van der Waals surface area contributed by atoms with Crippen LogP contribution in [-0.2, 0) is 14.3 Å². The molecule has 1 atom stereocenters. The van der Waals surface area contributed by atoms with Gasteiger partial charge in [-0.25, -0.2) is 4.79 Å². The number of rotatable bonds is 8. The molecule has 3 heterocycles. The molecule has 2 aliphatic rings. The van der Waals surface area contributed by atoms with Crippen LogP contribution < -0.4 is 16.4 Å². The van der Waals surface area contributed by atoms with Gasteiger partial charge in [-0.05, 0) is 59.1 Å². The van der Waals surface area contributed by atoms with E-state index in [-0.39, 0.29) is 43.0 Å². The summed E-state index contributed by atoms with van der Waals surface area (Å²) in [6.07, 6.45) is 2.83. The number of carbonyl (C=O) groups is 4. The van der Waals surface area contributed by atoms with Crippen molar-refractivity contribution in [3.05, 3.63) is 29.8 Å². The molecule has 1 aromatic carbocycles. The zero-order valence-corrected chi connectivity index (χ0v) is 23.8. The third-order valence-corrected chi connectivity index (χ3v) is 8.64. The van der Waals surface area contributed by atoms with Crippen molar-refractivity contribution >= 4 is 50.2 Å². The van der Waals surface area contributed by atoms with E-state index in [1.165, 1.54) is 11.3 Å². The number of nitrogens with two attached hydrogens (primary N) is 1. The number of benzene rings is 1. The van der Waals surface area contributed by atoms with Crippen LogP contribution in [0.15, 0.2) is 24.3 Å². The fourth-order valence-electron chi connectivity index (χ4n) is 5.82. The first-order valence-corrected chi connectivity index (χ1v) is 14.5. The van der Waals surface area contributed by atoms with Crippen molar-refractivity contribution in [3.63, 3.8) is 0 Å². The average molecular weight is 558 g/mol. The Balaban J connectivity index is 1.47. The Bertz CT molecular complexity index is 1220. The van der Waals surface area contributed by atoms with E-state index in [4.69, 9.17) is 10.5 Å². The molecule has 1 unspecified atom stereocenters.